The van der Waals surface area contributed by atoms with Gasteiger partial charge < -0.3 is 18.8 Å². The highest BCUT2D eigenvalue weighted by Crippen LogP contribution is 2.34. The van der Waals surface area contributed by atoms with Gasteiger partial charge in [-0.1, -0.05) is 18.2 Å². The Bertz CT molecular complexity index is 1360. The second-order valence-electron chi connectivity index (χ2n) is 8.27. The highest BCUT2D eigenvalue weighted by molar-refractivity contribution is 5.90. The van der Waals surface area contributed by atoms with Gasteiger partial charge in [-0.2, -0.15) is 13.2 Å². The van der Waals surface area contributed by atoms with Crippen molar-refractivity contribution < 1.29 is 32.2 Å². The number of carbonyl (C=O) groups excluding carboxylic acids is 1. The second kappa shape index (κ2) is 11.2. The van der Waals surface area contributed by atoms with Gasteiger partial charge in [-0.05, 0) is 73.2 Å². The Kier molecular flexibility index (Phi) is 7.86. The Morgan fingerprint density at radius 2 is 1.73 bits per heavy atom. The van der Waals surface area contributed by atoms with E-state index in [9.17, 15) is 18.0 Å². The number of benzene rings is 3. The van der Waals surface area contributed by atoms with Gasteiger partial charge in [0.15, 0.2) is 0 Å². The van der Waals surface area contributed by atoms with E-state index in [2.05, 4.69) is 0 Å². The smallest absolute Gasteiger partial charge is 0.416 e. The lowest BCUT2D eigenvalue weighted by Crippen LogP contribution is -2.09. The van der Waals surface area contributed by atoms with Crippen LogP contribution in [-0.2, 0) is 23.9 Å². The fourth-order valence-corrected chi connectivity index (χ4v) is 3.92. The zero-order valence-corrected chi connectivity index (χ0v) is 20.4. The van der Waals surface area contributed by atoms with E-state index in [4.69, 9.17) is 14.2 Å². The van der Waals surface area contributed by atoms with Gasteiger partial charge in [-0.15, -0.1) is 0 Å². The van der Waals surface area contributed by atoms with Crippen molar-refractivity contribution in [2.24, 2.45) is 0 Å². The lowest BCUT2D eigenvalue weighted by molar-refractivity contribution is -0.137. The standard InChI is InChI=1S/C29H26F3NO4/c1-3-36-28(34)21-6-4-7-24(17-21)33-15-5-8-25(33)18-22-16-23(29(30,31)32)11-14-27(22)37-19-20-9-12-26(35-2)13-10-20/h4-17H,3,18-19H2,1-2H3. The van der Waals surface area contributed by atoms with E-state index in [0.29, 0.717) is 28.3 Å². The summed E-state index contributed by atoms with van der Waals surface area (Å²) in [6.45, 7) is 2.17. The van der Waals surface area contributed by atoms with Crippen LogP contribution in [0.15, 0.2) is 85.1 Å². The quantitative estimate of drug-likeness (QED) is 0.232. The first kappa shape index (κ1) is 25.9. The SMILES string of the molecule is CCOC(=O)c1cccc(-n2cccc2Cc2cc(C(F)(F)F)ccc2OCc2ccc(OC)cc2)c1. The molecule has 3 aromatic carbocycles. The summed E-state index contributed by atoms with van der Waals surface area (Å²) in [5, 5.41) is 0. The Morgan fingerprint density at radius 1 is 0.946 bits per heavy atom. The van der Waals surface area contributed by atoms with Crippen molar-refractivity contribution in [3.63, 3.8) is 0 Å². The largest absolute Gasteiger partial charge is 0.497 e. The first-order valence-corrected chi connectivity index (χ1v) is 11.7. The van der Waals surface area contributed by atoms with Gasteiger partial charge >= 0.3 is 12.1 Å². The average molecular weight is 510 g/mol. The van der Waals surface area contributed by atoms with Crippen LogP contribution in [0, 0.1) is 0 Å². The Morgan fingerprint density at radius 3 is 2.43 bits per heavy atom. The average Bonchev–Trinajstić information content (AvgIpc) is 3.36. The molecule has 0 spiro atoms. The van der Waals surface area contributed by atoms with E-state index in [-0.39, 0.29) is 19.6 Å². The molecule has 0 saturated heterocycles. The summed E-state index contributed by atoms with van der Waals surface area (Å²) in [4.78, 5) is 12.2. The molecule has 4 rings (SSSR count). The Balaban J connectivity index is 1.63. The van der Waals surface area contributed by atoms with Crippen LogP contribution in [0.4, 0.5) is 13.2 Å². The molecule has 0 N–H and O–H groups in total. The number of nitrogens with zero attached hydrogens (tertiary/aromatic N) is 1. The van der Waals surface area contributed by atoms with Gasteiger partial charge in [0.05, 0.1) is 24.8 Å². The number of halogens is 3. The minimum absolute atomic E-state index is 0.179. The number of carbonyl (C=O) groups is 1. The molecule has 0 aliphatic rings. The maximum absolute atomic E-state index is 13.5. The van der Waals surface area contributed by atoms with Gasteiger partial charge in [0, 0.05) is 29.6 Å². The van der Waals surface area contributed by atoms with Crippen LogP contribution in [-0.4, -0.2) is 24.3 Å². The second-order valence-corrected chi connectivity index (χ2v) is 8.27. The van der Waals surface area contributed by atoms with Gasteiger partial charge in [0.2, 0.25) is 0 Å². The fraction of sp³-hybridized carbons (Fsp3) is 0.207. The van der Waals surface area contributed by atoms with Gasteiger partial charge in [0.1, 0.15) is 18.1 Å². The van der Waals surface area contributed by atoms with E-state index >= 15 is 0 Å². The minimum atomic E-state index is -4.49. The number of aromatic nitrogens is 1. The highest BCUT2D eigenvalue weighted by Gasteiger charge is 2.31. The van der Waals surface area contributed by atoms with Crippen molar-refractivity contribution in [2.75, 3.05) is 13.7 Å². The van der Waals surface area contributed by atoms with Crippen LogP contribution in [0.1, 0.15) is 39.7 Å². The molecule has 4 aromatic rings. The van der Waals surface area contributed by atoms with E-state index < -0.39 is 17.7 Å². The Hall–Kier alpha value is -4.20. The molecule has 0 aliphatic carbocycles. The third-order valence-corrected chi connectivity index (χ3v) is 5.78. The molecule has 0 fully saturated rings. The highest BCUT2D eigenvalue weighted by atomic mass is 19.4. The molecule has 0 bridgehead atoms. The number of hydrogen-bond donors (Lipinski definition) is 0. The number of esters is 1. The molecule has 0 atom stereocenters. The molecule has 0 aliphatic heterocycles. The first-order chi connectivity index (χ1) is 17.8. The molecule has 37 heavy (non-hydrogen) atoms. The third kappa shape index (κ3) is 6.33. The number of methoxy groups -OCH3 is 1. The molecule has 0 saturated carbocycles. The van der Waals surface area contributed by atoms with Crippen LogP contribution in [0.5, 0.6) is 11.5 Å². The predicted octanol–water partition coefficient (Wildman–Crippen LogP) is 6.85. The predicted molar refractivity (Wildman–Crippen MR) is 133 cm³/mol. The van der Waals surface area contributed by atoms with Crippen molar-refractivity contribution in [1.82, 2.24) is 4.57 Å². The van der Waals surface area contributed by atoms with Crippen molar-refractivity contribution in [3.8, 4) is 17.2 Å². The number of alkyl halides is 3. The number of rotatable bonds is 9. The summed E-state index contributed by atoms with van der Waals surface area (Å²) in [7, 11) is 1.57. The fourth-order valence-electron chi connectivity index (χ4n) is 3.92. The van der Waals surface area contributed by atoms with Gasteiger partial charge in [-0.25, -0.2) is 4.79 Å². The van der Waals surface area contributed by atoms with E-state index in [1.54, 1.807) is 56.6 Å². The molecule has 8 heteroatoms. The third-order valence-electron chi connectivity index (χ3n) is 5.78. The van der Waals surface area contributed by atoms with Gasteiger partial charge in [-0.3, -0.25) is 0 Å². The zero-order valence-electron chi connectivity index (χ0n) is 20.4. The zero-order chi connectivity index (χ0) is 26.4. The minimum Gasteiger partial charge on any atom is -0.497 e. The normalized spacial score (nSPS) is 11.3. The van der Waals surface area contributed by atoms with E-state index in [1.165, 1.54) is 6.07 Å². The lowest BCUT2D eigenvalue weighted by atomic mass is 10.0. The number of ether oxygens (including phenoxy) is 3. The van der Waals surface area contributed by atoms with Crippen LogP contribution in [0.3, 0.4) is 0 Å². The van der Waals surface area contributed by atoms with Crippen LogP contribution < -0.4 is 9.47 Å². The number of hydrogen-bond acceptors (Lipinski definition) is 4. The summed E-state index contributed by atoms with van der Waals surface area (Å²) in [5.41, 5.74) is 2.31. The monoisotopic (exact) mass is 509 g/mol. The topological polar surface area (TPSA) is 49.7 Å². The van der Waals surface area contributed by atoms with E-state index in [0.717, 1.165) is 23.4 Å². The Labute approximate surface area is 213 Å². The van der Waals surface area contributed by atoms with Gasteiger partial charge in [0.25, 0.3) is 0 Å². The molecular formula is C29H26F3NO4. The van der Waals surface area contributed by atoms with E-state index in [1.807, 2.05) is 28.8 Å². The molecule has 0 unspecified atom stereocenters. The van der Waals surface area contributed by atoms with Crippen LogP contribution >= 0.6 is 0 Å². The first-order valence-electron chi connectivity index (χ1n) is 11.7. The summed E-state index contributed by atoms with van der Waals surface area (Å²) >= 11 is 0. The molecule has 1 aromatic heterocycles. The molecule has 1 heterocycles. The van der Waals surface area contributed by atoms with Crippen molar-refractivity contribution >= 4 is 5.97 Å². The lowest BCUT2D eigenvalue weighted by Gasteiger charge is -2.16. The summed E-state index contributed by atoms with van der Waals surface area (Å²) in [6, 6.07) is 21.3. The maximum Gasteiger partial charge on any atom is 0.416 e. The van der Waals surface area contributed by atoms with Crippen LogP contribution in [0.2, 0.25) is 0 Å². The van der Waals surface area contributed by atoms with Crippen molar-refractivity contribution in [1.29, 1.82) is 0 Å². The molecular weight excluding hydrogens is 483 g/mol. The summed E-state index contributed by atoms with van der Waals surface area (Å²) in [5.74, 6) is 0.619. The molecule has 5 nitrogen and oxygen atoms in total. The van der Waals surface area contributed by atoms with Crippen molar-refractivity contribution in [2.45, 2.75) is 26.1 Å². The van der Waals surface area contributed by atoms with Crippen LogP contribution in [0.25, 0.3) is 5.69 Å². The molecule has 192 valence electrons. The molecule has 0 radical (unpaired) electrons. The van der Waals surface area contributed by atoms with Crippen molar-refractivity contribution in [3.05, 3.63) is 113 Å². The molecule has 0 amide bonds. The maximum atomic E-state index is 13.5. The summed E-state index contributed by atoms with van der Waals surface area (Å²) in [6.07, 6.45) is -2.51. The summed E-state index contributed by atoms with van der Waals surface area (Å²) < 4.78 is 58.6.